The van der Waals surface area contributed by atoms with Gasteiger partial charge in [0.05, 0.1) is 47.6 Å². The van der Waals surface area contributed by atoms with Crippen molar-refractivity contribution in [1.82, 2.24) is 0 Å². The molecule has 3 fully saturated rings. The molecule has 0 atom stereocenters. The predicted molar refractivity (Wildman–Crippen MR) is 320 cm³/mol. The Morgan fingerprint density at radius 1 is 0.405 bits per heavy atom. The molecule has 0 bridgehead atoms. The van der Waals surface area contributed by atoms with Crippen molar-refractivity contribution >= 4 is 123 Å². The second kappa shape index (κ2) is 23.6. The highest BCUT2D eigenvalue weighted by atomic mass is 79.9. The normalized spacial score (nSPS) is 17.5. The topological polar surface area (TPSA) is 61.9 Å². The molecular weight excluding hydrogens is 1190 g/mol. The van der Waals surface area contributed by atoms with Gasteiger partial charge in [-0.1, -0.05) is 113 Å². The number of benzene rings is 7. The molecule has 0 saturated carbocycles. The lowest BCUT2D eigenvalue weighted by Gasteiger charge is -2.40. The molecular formula is C60H64B2Br4N2O6. The maximum Gasteiger partial charge on any atom is 0.494 e. The van der Waals surface area contributed by atoms with Crippen LogP contribution in [-0.4, -0.2) is 56.5 Å². The SMILES string of the molecule is Brc1ccc(N(c2ccc(Br)cc2)c2ccc(Br)cc2)cc1.CC1(C)OB(c2ccc(N(c3ccccc3)c3ccc(B4OC(C)(C)C(C)(C)O4)cc3)cc2)OC1(C)C.CCC1(COc2ccc(Br)cc2)COC1. The number of rotatable bonds is 12. The van der Waals surface area contributed by atoms with Crippen LogP contribution in [0.15, 0.2) is 194 Å². The Hall–Kier alpha value is -4.21. The van der Waals surface area contributed by atoms with E-state index in [-0.39, 0.29) is 42.1 Å². The summed E-state index contributed by atoms with van der Waals surface area (Å²) in [5, 5.41) is 0. The first kappa shape index (κ1) is 56.0. The van der Waals surface area contributed by atoms with Crippen molar-refractivity contribution in [2.45, 2.75) is 91.1 Å². The molecule has 0 aromatic heterocycles. The lowest BCUT2D eigenvalue weighted by atomic mass is 9.79. The average Bonchev–Trinajstić information content (AvgIpc) is 3.74. The van der Waals surface area contributed by atoms with Gasteiger partial charge < -0.3 is 37.9 Å². The van der Waals surface area contributed by atoms with Crippen LogP contribution in [0.5, 0.6) is 5.75 Å². The molecule has 3 saturated heterocycles. The molecule has 7 aromatic rings. The summed E-state index contributed by atoms with van der Waals surface area (Å²) in [5.74, 6) is 0.929. The molecule has 3 aliphatic heterocycles. The lowest BCUT2D eigenvalue weighted by molar-refractivity contribution is -0.133. The third-order valence-electron chi connectivity index (χ3n) is 14.5. The Kier molecular flexibility index (Phi) is 17.8. The van der Waals surface area contributed by atoms with E-state index in [9.17, 15) is 0 Å². The molecule has 0 spiro atoms. The molecule has 384 valence electrons. The van der Waals surface area contributed by atoms with E-state index < -0.39 is 0 Å². The fraction of sp³-hybridized carbons (Fsp3) is 0.300. The van der Waals surface area contributed by atoms with Crippen LogP contribution in [0.1, 0.15) is 68.7 Å². The second-order valence-corrected chi connectivity index (χ2v) is 24.5. The molecule has 3 aliphatic rings. The molecule has 10 rings (SSSR count). The summed E-state index contributed by atoms with van der Waals surface area (Å²) in [6.07, 6.45) is 1.11. The Morgan fingerprint density at radius 2 is 0.689 bits per heavy atom. The number of nitrogens with zero attached hydrogens (tertiary/aromatic N) is 2. The van der Waals surface area contributed by atoms with Crippen molar-refractivity contribution in [2.75, 3.05) is 29.6 Å². The lowest BCUT2D eigenvalue weighted by Crippen LogP contribution is -2.46. The van der Waals surface area contributed by atoms with Crippen LogP contribution in [0.25, 0.3) is 0 Å². The number of anilines is 6. The van der Waals surface area contributed by atoms with Gasteiger partial charge in [-0.2, -0.15) is 0 Å². The summed E-state index contributed by atoms with van der Waals surface area (Å²) in [7, 11) is -0.771. The van der Waals surface area contributed by atoms with Gasteiger partial charge in [0, 0.05) is 52.0 Å². The first-order valence-corrected chi connectivity index (χ1v) is 28.1. The highest BCUT2D eigenvalue weighted by molar-refractivity contribution is 9.11. The maximum absolute atomic E-state index is 6.25. The number of halogens is 4. The van der Waals surface area contributed by atoms with Crippen LogP contribution in [0.3, 0.4) is 0 Å². The van der Waals surface area contributed by atoms with E-state index in [1.807, 2.05) is 30.3 Å². The number of ether oxygens (including phenoxy) is 2. The molecule has 0 N–H and O–H groups in total. The molecule has 0 aliphatic carbocycles. The Bertz CT molecular complexity index is 2680. The molecule has 7 aromatic carbocycles. The van der Waals surface area contributed by atoms with Crippen molar-refractivity contribution in [3.8, 4) is 5.75 Å². The van der Waals surface area contributed by atoms with Crippen LogP contribution in [0, 0.1) is 5.41 Å². The van der Waals surface area contributed by atoms with E-state index >= 15 is 0 Å². The van der Waals surface area contributed by atoms with Crippen LogP contribution >= 0.6 is 63.7 Å². The fourth-order valence-electron chi connectivity index (χ4n) is 8.31. The van der Waals surface area contributed by atoms with Gasteiger partial charge in [-0.25, -0.2) is 0 Å². The molecule has 0 amide bonds. The van der Waals surface area contributed by atoms with Gasteiger partial charge in [-0.05, 0) is 206 Å². The van der Waals surface area contributed by atoms with E-state index in [2.05, 4.69) is 281 Å². The summed E-state index contributed by atoms with van der Waals surface area (Å²) < 4.78 is 40.3. The van der Waals surface area contributed by atoms with Crippen molar-refractivity contribution in [2.24, 2.45) is 5.41 Å². The Morgan fingerprint density at radius 3 is 0.973 bits per heavy atom. The van der Waals surface area contributed by atoms with Gasteiger partial charge in [-0.15, -0.1) is 0 Å². The molecule has 8 nitrogen and oxygen atoms in total. The number of hydrogen-bond donors (Lipinski definition) is 0. The standard InChI is InChI=1S/C30H37B2NO4.C18H12Br3N.C12H15BrO2/c1-27(2)28(3,4)35-31(34-27)22-14-18-25(19-15-22)33(24-12-10-9-11-13-24)26-20-16-23(17-21-26)32-36-29(5,6)30(7,8)37-32;19-13-1-7-16(8-2-13)22(17-9-3-14(20)4-10-17)18-11-5-15(21)6-12-18;1-2-12(7-14-8-12)9-15-11-5-3-10(13)4-6-11/h9-21H,1-8H3;1-12H;3-6H,2,7-9H2,1H3. The van der Waals surface area contributed by atoms with Gasteiger partial charge >= 0.3 is 14.2 Å². The minimum atomic E-state index is -0.386. The van der Waals surface area contributed by atoms with Crippen molar-refractivity contribution < 1.29 is 28.1 Å². The molecule has 3 heterocycles. The minimum Gasteiger partial charge on any atom is -0.493 e. The summed E-state index contributed by atoms with van der Waals surface area (Å²) in [5.41, 5.74) is 7.32. The van der Waals surface area contributed by atoms with Crippen LogP contribution in [-0.2, 0) is 23.4 Å². The van der Waals surface area contributed by atoms with Crippen LogP contribution in [0.4, 0.5) is 34.1 Å². The molecule has 14 heteroatoms. The summed E-state index contributed by atoms with van der Waals surface area (Å²) in [6.45, 7) is 21.2. The van der Waals surface area contributed by atoms with Crippen molar-refractivity contribution in [1.29, 1.82) is 0 Å². The highest BCUT2D eigenvalue weighted by Gasteiger charge is 2.53. The van der Waals surface area contributed by atoms with Gasteiger partial charge in [0.25, 0.3) is 0 Å². The highest BCUT2D eigenvalue weighted by Crippen LogP contribution is 2.40. The zero-order chi connectivity index (χ0) is 52.9. The third-order valence-corrected chi connectivity index (χ3v) is 16.7. The van der Waals surface area contributed by atoms with Crippen LogP contribution < -0.4 is 25.5 Å². The monoisotopic (exact) mass is 1250 g/mol. The van der Waals surface area contributed by atoms with E-state index in [1.165, 1.54) is 0 Å². The van der Waals surface area contributed by atoms with Crippen molar-refractivity contribution in [3.63, 3.8) is 0 Å². The summed E-state index contributed by atoms with van der Waals surface area (Å²) in [6, 6.07) is 60.1. The zero-order valence-corrected chi connectivity index (χ0v) is 49.9. The third kappa shape index (κ3) is 13.3. The smallest absolute Gasteiger partial charge is 0.493 e. The Balaban J connectivity index is 0.000000166. The van der Waals surface area contributed by atoms with E-state index in [0.29, 0.717) is 0 Å². The predicted octanol–water partition coefficient (Wildman–Crippen LogP) is 16.5. The van der Waals surface area contributed by atoms with E-state index in [4.69, 9.17) is 28.1 Å². The fourth-order valence-corrected chi connectivity index (χ4v) is 9.37. The van der Waals surface area contributed by atoms with Gasteiger partial charge in [0.15, 0.2) is 0 Å². The van der Waals surface area contributed by atoms with Crippen molar-refractivity contribution in [3.05, 3.63) is 194 Å². The van der Waals surface area contributed by atoms with Gasteiger partial charge in [-0.3, -0.25) is 0 Å². The quantitative estimate of drug-likeness (QED) is 0.112. The summed E-state index contributed by atoms with van der Waals surface area (Å²) in [4.78, 5) is 4.47. The van der Waals surface area contributed by atoms with Gasteiger partial charge in [0.1, 0.15) is 5.75 Å². The van der Waals surface area contributed by atoms with Crippen LogP contribution in [0.2, 0.25) is 0 Å². The first-order chi connectivity index (χ1) is 35.2. The van der Waals surface area contributed by atoms with E-state index in [0.717, 1.165) is 94.9 Å². The number of hydrogen-bond acceptors (Lipinski definition) is 8. The largest absolute Gasteiger partial charge is 0.494 e. The molecule has 0 radical (unpaired) electrons. The molecule has 74 heavy (non-hydrogen) atoms. The number of para-hydroxylation sites is 1. The first-order valence-electron chi connectivity index (χ1n) is 25.0. The van der Waals surface area contributed by atoms with E-state index in [1.54, 1.807) is 0 Å². The van der Waals surface area contributed by atoms with Gasteiger partial charge in [0.2, 0.25) is 0 Å². The second-order valence-electron chi connectivity index (χ2n) is 20.9. The Labute approximate surface area is 473 Å². The minimum absolute atomic E-state index is 0.257. The molecule has 0 unspecified atom stereocenters. The summed E-state index contributed by atoms with van der Waals surface area (Å²) >= 11 is 13.9. The average molecular weight is 1250 g/mol. The zero-order valence-electron chi connectivity index (χ0n) is 43.6. The maximum atomic E-state index is 6.25.